The van der Waals surface area contributed by atoms with E-state index in [1.807, 2.05) is 62.3 Å². The molecule has 0 bridgehead atoms. The highest BCUT2D eigenvalue weighted by Crippen LogP contribution is 2.29. The van der Waals surface area contributed by atoms with Gasteiger partial charge in [0.2, 0.25) is 5.60 Å². The summed E-state index contributed by atoms with van der Waals surface area (Å²) in [6.07, 6.45) is 0. The number of hydrogen-bond acceptors (Lipinski definition) is 3. The summed E-state index contributed by atoms with van der Waals surface area (Å²) in [7, 11) is 0.644. The molecule has 0 aliphatic heterocycles. The second kappa shape index (κ2) is 5.00. The average molecular weight is 262 g/mol. The van der Waals surface area contributed by atoms with Gasteiger partial charge in [0.25, 0.3) is 0 Å². The predicted octanol–water partition coefficient (Wildman–Crippen LogP) is 2.41. The van der Waals surface area contributed by atoms with Crippen LogP contribution in [-0.2, 0) is 14.2 Å². The summed E-state index contributed by atoms with van der Waals surface area (Å²) in [6.45, 7) is 18.1. The summed E-state index contributed by atoms with van der Waals surface area (Å²) in [6, 6.07) is 0. The molecule has 0 saturated carbocycles. The summed E-state index contributed by atoms with van der Waals surface area (Å²) < 4.78 is 18.0. The zero-order chi connectivity index (χ0) is 14.1. The number of hydrogen-bond donors (Lipinski definition) is 0. The zero-order valence-electron chi connectivity index (χ0n) is 13.2. The zero-order valence-corrected chi connectivity index (χ0v) is 15.2. The first-order valence-corrected chi connectivity index (χ1v) is 7.22. The molecule has 4 heteroatoms. The largest absolute Gasteiger partial charge is 0.326 e. The Morgan fingerprint density at radius 1 is 0.529 bits per heavy atom. The van der Waals surface area contributed by atoms with Gasteiger partial charge in [0.15, 0.2) is 0 Å². The smallest absolute Gasteiger partial charge is 0.246 e. The van der Waals surface area contributed by atoms with Gasteiger partial charge in [0.05, 0.1) is 16.8 Å². The average Bonchev–Trinajstić information content (AvgIpc) is 1.65. The maximum atomic E-state index is 5.99. The lowest BCUT2D eigenvalue weighted by molar-refractivity contribution is -0.399. The molecule has 0 atom stereocenters. The van der Waals surface area contributed by atoms with Gasteiger partial charge in [-0.05, 0) is 62.3 Å². The standard InChI is InChI=1S/C13H30O3Si/c1-10(2,3)14-13(17,15-11(4,5)6)16-12(7,8)9/h1-9,17H3. The molecular weight excluding hydrogens is 232 g/mol. The molecule has 104 valence electrons. The highest BCUT2D eigenvalue weighted by atomic mass is 28.1. The van der Waals surface area contributed by atoms with E-state index in [2.05, 4.69) is 0 Å². The molecule has 0 fully saturated rings. The molecule has 0 amide bonds. The van der Waals surface area contributed by atoms with Crippen molar-refractivity contribution >= 4 is 10.2 Å². The van der Waals surface area contributed by atoms with Crippen molar-refractivity contribution in [3.8, 4) is 0 Å². The van der Waals surface area contributed by atoms with Crippen LogP contribution in [0.4, 0.5) is 0 Å². The van der Waals surface area contributed by atoms with E-state index >= 15 is 0 Å². The third kappa shape index (κ3) is 9.77. The summed E-state index contributed by atoms with van der Waals surface area (Å²) in [5.74, 6) is 0. The second-order valence-electron chi connectivity index (χ2n) is 7.51. The monoisotopic (exact) mass is 262 g/mol. The van der Waals surface area contributed by atoms with E-state index in [-0.39, 0.29) is 16.8 Å². The van der Waals surface area contributed by atoms with Crippen LogP contribution in [0, 0.1) is 0 Å². The Bertz CT molecular complexity index is 202. The molecule has 0 saturated heterocycles. The molecule has 0 rings (SSSR count). The van der Waals surface area contributed by atoms with Crippen LogP contribution < -0.4 is 0 Å². The summed E-state index contributed by atoms with van der Waals surface area (Å²) in [5.41, 5.74) is -1.79. The lowest BCUT2D eigenvalue weighted by atomic mass is 10.2. The molecule has 0 heterocycles. The van der Waals surface area contributed by atoms with Gasteiger partial charge in [-0.25, -0.2) is 0 Å². The maximum absolute atomic E-state index is 5.99. The molecule has 17 heavy (non-hydrogen) atoms. The van der Waals surface area contributed by atoms with E-state index in [4.69, 9.17) is 14.2 Å². The molecule has 0 aromatic carbocycles. The molecule has 0 aromatic rings. The minimum Gasteiger partial charge on any atom is -0.326 e. The molecule has 0 spiro atoms. The lowest BCUT2D eigenvalue weighted by Crippen LogP contribution is -2.52. The van der Waals surface area contributed by atoms with Gasteiger partial charge in [0.1, 0.15) is 10.2 Å². The van der Waals surface area contributed by atoms with E-state index in [0.29, 0.717) is 10.2 Å². The summed E-state index contributed by atoms with van der Waals surface area (Å²) in [4.78, 5) is 0. The predicted molar refractivity (Wildman–Crippen MR) is 75.2 cm³/mol. The van der Waals surface area contributed by atoms with Gasteiger partial charge in [-0.2, -0.15) is 0 Å². The molecule has 3 nitrogen and oxygen atoms in total. The highest BCUT2D eigenvalue weighted by molar-refractivity contribution is 6.12. The lowest BCUT2D eigenvalue weighted by Gasteiger charge is -2.43. The van der Waals surface area contributed by atoms with Crippen molar-refractivity contribution in [3.63, 3.8) is 0 Å². The fourth-order valence-electron chi connectivity index (χ4n) is 1.73. The fraction of sp³-hybridized carbons (Fsp3) is 1.00. The van der Waals surface area contributed by atoms with Gasteiger partial charge >= 0.3 is 0 Å². The molecule has 0 aromatic heterocycles. The van der Waals surface area contributed by atoms with Crippen molar-refractivity contribution in [2.24, 2.45) is 0 Å². The van der Waals surface area contributed by atoms with Gasteiger partial charge in [-0.1, -0.05) is 0 Å². The van der Waals surface area contributed by atoms with Gasteiger partial charge in [0, 0.05) is 0 Å². The van der Waals surface area contributed by atoms with E-state index in [9.17, 15) is 0 Å². The van der Waals surface area contributed by atoms with Gasteiger partial charge < -0.3 is 14.2 Å². The Hall–Kier alpha value is 0.0969. The first-order valence-electron chi connectivity index (χ1n) is 6.22. The van der Waals surface area contributed by atoms with Crippen LogP contribution in [-0.4, -0.2) is 32.6 Å². The van der Waals surface area contributed by atoms with Crippen LogP contribution in [0.15, 0.2) is 0 Å². The number of ether oxygens (including phenoxy) is 3. The minimum atomic E-state index is -0.908. The first-order chi connectivity index (χ1) is 7.12. The van der Waals surface area contributed by atoms with Crippen LogP contribution in [0.25, 0.3) is 0 Å². The van der Waals surface area contributed by atoms with E-state index in [0.717, 1.165) is 0 Å². The molecule has 0 aliphatic carbocycles. The second-order valence-corrected chi connectivity index (χ2v) is 8.73. The third-order valence-electron chi connectivity index (χ3n) is 1.47. The van der Waals surface area contributed by atoms with E-state index in [1.165, 1.54) is 0 Å². The normalized spacial score (nSPS) is 15.4. The van der Waals surface area contributed by atoms with Crippen molar-refractivity contribution in [1.82, 2.24) is 0 Å². The van der Waals surface area contributed by atoms with Crippen LogP contribution in [0.2, 0.25) is 0 Å². The Morgan fingerprint density at radius 2 is 0.706 bits per heavy atom. The van der Waals surface area contributed by atoms with Gasteiger partial charge in [-0.15, -0.1) is 0 Å². The summed E-state index contributed by atoms with van der Waals surface area (Å²) >= 11 is 0. The van der Waals surface area contributed by atoms with Crippen LogP contribution in [0.1, 0.15) is 62.3 Å². The van der Waals surface area contributed by atoms with Crippen molar-refractivity contribution in [3.05, 3.63) is 0 Å². The summed E-state index contributed by atoms with van der Waals surface area (Å²) in [5, 5.41) is 0. The first kappa shape index (κ1) is 17.1. The van der Waals surface area contributed by atoms with Crippen LogP contribution >= 0.6 is 0 Å². The third-order valence-corrected chi connectivity index (χ3v) is 2.09. The molecule has 0 aliphatic rings. The molecular formula is C13H30O3Si. The topological polar surface area (TPSA) is 27.7 Å². The Morgan fingerprint density at radius 3 is 0.824 bits per heavy atom. The molecule has 0 unspecified atom stereocenters. The number of rotatable bonds is 3. The maximum Gasteiger partial charge on any atom is 0.246 e. The quantitative estimate of drug-likeness (QED) is 0.577. The fourth-order valence-corrected chi connectivity index (χ4v) is 3.57. The molecule has 0 N–H and O–H groups in total. The minimum absolute atomic E-state index is 0.293. The van der Waals surface area contributed by atoms with Crippen molar-refractivity contribution in [2.45, 2.75) is 84.7 Å². The highest BCUT2D eigenvalue weighted by Gasteiger charge is 2.39. The van der Waals surface area contributed by atoms with Crippen LogP contribution in [0.5, 0.6) is 0 Å². The van der Waals surface area contributed by atoms with Crippen molar-refractivity contribution < 1.29 is 14.2 Å². The van der Waals surface area contributed by atoms with Crippen molar-refractivity contribution in [2.75, 3.05) is 0 Å². The van der Waals surface area contributed by atoms with E-state index < -0.39 is 5.60 Å². The van der Waals surface area contributed by atoms with Crippen molar-refractivity contribution in [1.29, 1.82) is 0 Å². The molecule has 0 radical (unpaired) electrons. The van der Waals surface area contributed by atoms with Gasteiger partial charge in [-0.3, -0.25) is 0 Å². The Balaban J connectivity index is 4.95. The van der Waals surface area contributed by atoms with E-state index in [1.54, 1.807) is 0 Å². The van der Waals surface area contributed by atoms with Crippen LogP contribution in [0.3, 0.4) is 0 Å². The Kier molecular flexibility index (Phi) is 5.03. The SMILES string of the molecule is CC(C)(C)OC([SiH3])(OC(C)(C)C)OC(C)(C)C. The Labute approximate surface area is 110 Å².